The summed E-state index contributed by atoms with van der Waals surface area (Å²) in [6.07, 6.45) is 7.43. The van der Waals surface area contributed by atoms with Gasteiger partial charge in [0.1, 0.15) is 0 Å². The highest BCUT2D eigenvalue weighted by Gasteiger charge is 2.26. The largest absolute Gasteiger partial charge is 0.361 e. The van der Waals surface area contributed by atoms with Gasteiger partial charge in [0.15, 0.2) is 0 Å². The second kappa shape index (κ2) is 10.8. The van der Waals surface area contributed by atoms with E-state index in [1.807, 2.05) is 6.20 Å². The van der Waals surface area contributed by atoms with E-state index in [1.54, 1.807) is 18.3 Å². The number of fused-ring (bicyclic) bond motifs is 1. The van der Waals surface area contributed by atoms with Crippen LogP contribution in [0.15, 0.2) is 71.9 Å². The summed E-state index contributed by atoms with van der Waals surface area (Å²) in [5, 5.41) is 6.83. The lowest BCUT2D eigenvalue weighted by Gasteiger charge is -2.32. The van der Waals surface area contributed by atoms with Crippen LogP contribution in [-0.4, -0.2) is 45.7 Å². The highest BCUT2D eigenvalue weighted by molar-refractivity contribution is 8.18. The van der Waals surface area contributed by atoms with Gasteiger partial charge >= 0.3 is 0 Å². The van der Waals surface area contributed by atoms with Gasteiger partial charge in [0, 0.05) is 37.5 Å². The molecule has 0 unspecified atom stereocenters. The molecule has 2 aliphatic heterocycles. The molecule has 2 fully saturated rings. The standard InChI is InChI=1S/C29H28N6O2S/c36-27-26(38-29(37)34-27)16-23-8-12-32-28(33-23)35-13-9-19(10-14-35)17-30-18-22-3-1-2-4-24(22)20-5-6-25-21(15-20)7-11-31-25/h1-8,11-12,15-16,19,30-31H,9-10,13-14,17-18H2,(H,34,36,37)/b26-16+. The topological polar surface area (TPSA) is 103 Å². The van der Waals surface area contributed by atoms with Crippen LogP contribution in [0.2, 0.25) is 0 Å². The first-order chi connectivity index (χ1) is 18.6. The number of hydrogen-bond donors (Lipinski definition) is 3. The normalized spacial score (nSPS) is 17.5. The molecule has 0 atom stereocenters. The molecule has 2 aliphatic rings. The molecule has 0 saturated carbocycles. The zero-order chi connectivity index (χ0) is 25.9. The summed E-state index contributed by atoms with van der Waals surface area (Å²) < 4.78 is 0. The maximum atomic E-state index is 11.8. The molecule has 4 heterocycles. The molecule has 0 bridgehead atoms. The lowest BCUT2D eigenvalue weighted by atomic mass is 9.96. The summed E-state index contributed by atoms with van der Waals surface area (Å²) in [4.78, 5) is 38.1. The summed E-state index contributed by atoms with van der Waals surface area (Å²) in [6, 6.07) is 19.0. The Balaban J connectivity index is 1.03. The van der Waals surface area contributed by atoms with Crippen molar-refractivity contribution in [1.29, 1.82) is 0 Å². The number of thioether (sulfide) groups is 1. The van der Waals surface area contributed by atoms with Gasteiger partial charge in [-0.2, -0.15) is 0 Å². The molecule has 9 heteroatoms. The van der Waals surface area contributed by atoms with E-state index in [9.17, 15) is 9.59 Å². The van der Waals surface area contributed by atoms with Crippen molar-refractivity contribution in [3.8, 4) is 11.1 Å². The predicted octanol–water partition coefficient (Wildman–Crippen LogP) is 4.96. The van der Waals surface area contributed by atoms with Gasteiger partial charge in [0.05, 0.1) is 10.6 Å². The van der Waals surface area contributed by atoms with Gasteiger partial charge in [-0.05, 0) is 89.5 Å². The van der Waals surface area contributed by atoms with Gasteiger partial charge in [-0.25, -0.2) is 9.97 Å². The van der Waals surface area contributed by atoms with Crippen LogP contribution in [0.3, 0.4) is 0 Å². The number of anilines is 1. The molecule has 0 radical (unpaired) electrons. The third-order valence-corrected chi connectivity index (χ3v) is 7.92. The number of imide groups is 1. The molecule has 8 nitrogen and oxygen atoms in total. The molecule has 0 aliphatic carbocycles. The fourth-order valence-electron chi connectivity index (χ4n) is 5.07. The second-order valence-electron chi connectivity index (χ2n) is 9.63. The van der Waals surface area contributed by atoms with Crippen molar-refractivity contribution in [1.82, 2.24) is 25.6 Å². The molecule has 2 aromatic carbocycles. The number of nitrogens with one attached hydrogen (secondary N) is 3. The molecule has 4 aromatic rings. The smallest absolute Gasteiger partial charge is 0.290 e. The van der Waals surface area contributed by atoms with Crippen LogP contribution in [0.25, 0.3) is 28.1 Å². The lowest BCUT2D eigenvalue weighted by molar-refractivity contribution is -0.115. The molecule has 192 valence electrons. The van der Waals surface area contributed by atoms with E-state index in [1.165, 1.54) is 22.1 Å². The Morgan fingerprint density at radius 2 is 1.95 bits per heavy atom. The number of amides is 2. The fourth-order valence-corrected chi connectivity index (χ4v) is 5.74. The average Bonchev–Trinajstić information content (AvgIpc) is 3.54. The Hall–Kier alpha value is -3.95. The summed E-state index contributed by atoms with van der Waals surface area (Å²) in [6.45, 7) is 3.56. The van der Waals surface area contributed by atoms with E-state index in [4.69, 9.17) is 0 Å². The number of aromatic amines is 1. The molecular formula is C29H28N6O2S. The maximum absolute atomic E-state index is 11.8. The molecular weight excluding hydrogens is 496 g/mol. The molecule has 38 heavy (non-hydrogen) atoms. The molecule has 2 amide bonds. The zero-order valence-electron chi connectivity index (χ0n) is 20.8. The van der Waals surface area contributed by atoms with Crippen molar-refractivity contribution in [3.63, 3.8) is 0 Å². The predicted molar refractivity (Wildman–Crippen MR) is 152 cm³/mol. The minimum atomic E-state index is -0.377. The summed E-state index contributed by atoms with van der Waals surface area (Å²) in [5.41, 5.74) is 5.58. The fraction of sp³-hybridized carbons (Fsp3) is 0.241. The van der Waals surface area contributed by atoms with E-state index in [-0.39, 0.29) is 11.1 Å². The monoisotopic (exact) mass is 524 g/mol. The van der Waals surface area contributed by atoms with Crippen molar-refractivity contribution in [2.45, 2.75) is 19.4 Å². The van der Waals surface area contributed by atoms with E-state index < -0.39 is 0 Å². The number of aromatic nitrogens is 3. The quantitative estimate of drug-likeness (QED) is 0.294. The highest BCUT2D eigenvalue weighted by Crippen LogP contribution is 2.28. The molecule has 2 saturated heterocycles. The van der Waals surface area contributed by atoms with Crippen molar-refractivity contribution >= 4 is 45.8 Å². The van der Waals surface area contributed by atoms with Crippen LogP contribution < -0.4 is 15.5 Å². The van der Waals surface area contributed by atoms with E-state index in [2.05, 4.69) is 79.0 Å². The van der Waals surface area contributed by atoms with Gasteiger partial charge in [-0.1, -0.05) is 30.3 Å². The van der Waals surface area contributed by atoms with E-state index in [0.717, 1.165) is 56.3 Å². The Morgan fingerprint density at radius 1 is 1.08 bits per heavy atom. The first kappa shape index (κ1) is 24.4. The molecule has 3 N–H and O–H groups in total. The number of benzene rings is 2. The van der Waals surface area contributed by atoms with Gasteiger partial charge in [0.25, 0.3) is 11.1 Å². The van der Waals surface area contributed by atoms with Crippen LogP contribution >= 0.6 is 11.8 Å². The number of hydrogen-bond acceptors (Lipinski definition) is 7. The summed E-state index contributed by atoms with van der Waals surface area (Å²) >= 11 is 0.896. The highest BCUT2D eigenvalue weighted by atomic mass is 32.2. The van der Waals surface area contributed by atoms with Gasteiger partial charge < -0.3 is 15.2 Å². The third kappa shape index (κ3) is 5.34. The second-order valence-corrected chi connectivity index (χ2v) is 10.6. The third-order valence-electron chi connectivity index (χ3n) is 7.11. The van der Waals surface area contributed by atoms with Crippen molar-refractivity contribution in [2.24, 2.45) is 5.92 Å². The Labute approximate surface area is 224 Å². The van der Waals surface area contributed by atoms with Crippen LogP contribution in [0.4, 0.5) is 10.7 Å². The Kier molecular flexibility index (Phi) is 6.94. The minimum Gasteiger partial charge on any atom is -0.361 e. The number of nitrogens with zero attached hydrogens (tertiary/aromatic N) is 3. The maximum Gasteiger partial charge on any atom is 0.290 e. The van der Waals surface area contributed by atoms with E-state index in [0.29, 0.717) is 22.5 Å². The minimum absolute atomic E-state index is 0.354. The van der Waals surface area contributed by atoms with Gasteiger partial charge in [-0.15, -0.1) is 0 Å². The first-order valence-corrected chi connectivity index (χ1v) is 13.6. The average molecular weight is 525 g/mol. The van der Waals surface area contributed by atoms with Crippen LogP contribution in [0, 0.1) is 5.92 Å². The Morgan fingerprint density at radius 3 is 2.79 bits per heavy atom. The van der Waals surface area contributed by atoms with Crippen molar-refractivity contribution < 1.29 is 9.59 Å². The first-order valence-electron chi connectivity index (χ1n) is 12.8. The number of piperidine rings is 1. The lowest BCUT2D eigenvalue weighted by Crippen LogP contribution is -2.38. The van der Waals surface area contributed by atoms with Gasteiger partial charge in [-0.3, -0.25) is 14.9 Å². The van der Waals surface area contributed by atoms with Crippen molar-refractivity contribution in [2.75, 3.05) is 24.5 Å². The van der Waals surface area contributed by atoms with E-state index >= 15 is 0 Å². The van der Waals surface area contributed by atoms with Crippen LogP contribution in [-0.2, 0) is 11.3 Å². The van der Waals surface area contributed by atoms with Crippen molar-refractivity contribution in [3.05, 3.63) is 83.2 Å². The number of rotatable bonds is 7. The van der Waals surface area contributed by atoms with Crippen LogP contribution in [0.1, 0.15) is 24.1 Å². The zero-order valence-corrected chi connectivity index (χ0v) is 21.6. The number of H-pyrrole nitrogens is 1. The molecule has 2 aromatic heterocycles. The number of carbonyl (C=O) groups excluding carboxylic acids is 2. The molecule has 6 rings (SSSR count). The van der Waals surface area contributed by atoms with Crippen LogP contribution in [0.5, 0.6) is 0 Å². The summed E-state index contributed by atoms with van der Waals surface area (Å²) in [5.74, 6) is 0.871. The summed E-state index contributed by atoms with van der Waals surface area (Å²) in [7, 11) is 0. The SMILES string of the molecule is O=C1NC(=O)/C(=C\c2ccnc(N3CCC(CNCc4ccccc4-c4ccc5[nH]ccc5c4)CC3)n2)S1. The number of carbonyl (C=O) groups is 2. The van der Waals surface area contributed by atoms with Gasteiger partial charge in [0.2, 0.25) is 5.95 Å². The molecule has 0 spiro atoms. The Bertz CT molecular complexity index is 1520.